The van der Waals surface area contributed by atoms with Gasteiger partial charge in [0.05, 0.1) is 20.4 Å². The summed E-state index contributed by atoms with van der Waals surface area (Å²) in [5.41, 5.74) is 1.33. The zero-order valence-corrected chi connectivity index (χ0v) is 16.9. The van der Waals surface area contributed by atoms with E-state index in [0.717, 1.165) is 24.9 Å². The number of amides is 1. The Hall–Kier alpha value is -2.24. The molecule has 2 atom stereocenters. The molecule has 6 heteroatoms. The highest BCUT2D eigenvalue weighted by molar-refractivity contribution is 5.81. The maximum Gasteiger partial charge on any atom is 0.263 e. The molecule has 1 aromatic carbocycles. The zero-order chi connectivity index (χ0) is 19.7. The van der Waals surface area contributed by atoms with Crippen LogP contribution in [0.5, 0.6) is 11.5 Å². The van der Waals surface area contributed by atoms with Gasteiger partial charge in [0.25, 0.3) is 5.91 Å². The van der Waals surface area contributed by atoms with Crippen LogP contribution in [0.4, 0.5) is 0 Å². The number of carbonyl (C=O) groups excluding carboxylic acids is 1. The summed E-state index contributed by atoms with van der Waals surface area (Å²) in [6, 6.07) is 5.78. The number of rotatable bonds is 6. The van der Waals surface area contributed by atoms with Crippen LogP contribution in [0.3, 0.4) is 0 Å². The van der Waals surface area contributed by atoms with E-state index < -0.39 is 0 Å². The molecule has 27 heavy (non-hydrogen) atoms. The second-order valence-corrected chi connectivity index (χ2v) is 8.86. The fourth-order valence-corrected chi connectivity index (χ4v) is 4.96. The lowest BCUT2D eigenvalue weighted by Gasteiger charge is -2.39. The number of likely N-dealkylation sites (tertiary alicyclic amines) is 1. The number of nitrogens with zero attached hydrogens (tertiary/aromatic N) is 2. The van der Waals surface area contributed by atoms with E-state index in [1.807, 2.05) is 11.0 Å². The molecule has 1 saturated carbocycles. The highest BCUT2D eigenvalue weighted by Crippen LogP contribution is 2.52. The molecule has 1 aliphatic carbocycles. The summed E-state index contributed by atoms with van der Waals surface area (Å²) < 4.78 is 10.5. The van der Waals surface area contributed by atoms with Gasteiger partial charge in [0.15, 0.2) is 18.1 Å². The Labute approximate surface area is 161 Å². The molecule has 2 unspecified atom stereocenters. The second kappa shape index (κ2) is 7.41. The van der Waals surface area contributed by atoms with Crippen LogP contribution in [-0.2, 0) is 9.63 Å². The first-order valence-corrected chi connectivity index (χ1v) is 9.42. The van der Waals surface area contributed by atoms with Crippen LogP contribution < -0.4 is 9.47 Å². The first kappa shape index (κ1) is 19.5. The number of carbonyl (C=O) groups is 1. The van der Waals surface area contributed by atoms with Crippen molar-refractivity contribution in [3.8, 4) is 11.5 Å². The highest BCUT2D eigenvalue weighted by atomic mass is 16.6. The third kappa shape index (κ3) is 4.37. The number of oxime groups is 1. The van der Waals surface area contributed by atoms with E-state index in [9.17, 15) is 4.79 Å². The minimum Gasteiger partial charge on any atom is -0.493 e. The van der Waals surface area contributed by atoms with E-state index in [1.165, 1.54) is 6.42 Å². The number of methoxy groups -OCH3 is 2. The van der Waals surface area contributed by atoms with Crippen LogP contribution in [-0.4, -0.2) is 50.4 Å². The second-order valence-electron chi connectivity index (χ2n) is 8.86. The normalized spacial score (nSPS) is 26.3. The molecule has 6 nitrogen and oxygen atoms in total. The summed E-state index contributed by atoms with van der Waals surface area (Å²) in [5, 5.41) is 3.95. The van der Waals surface area contributed by atoms with Crippen molar-refractivity contribution in [3.05, 3.63) is 23.8 Å². The predicted molar refractivity (Wildman–Crippen MR) is 104 cm³/mol. The maximum absolute atomic E-state index is 12.6. The maximum atomic E-state index is 12.6. The molecule has 0 N–H and O–H groups in total. The van der Waals surface area contributed by atoms with Crippen LogP contribution in [0.1, 0.15) is 45.6 Å². The van der Waals surface area contributed by atoms with Gasteiger partial charge in [-0.15, -0.1) is 0 Å². The smallest absolute Gasteiger partial charge is 0.263 e. The largest absolute Gasteiger partial charge is 0.493 e. The van der Waals surface area contributed by atoms with Gasteiger partial charge in [-0.25, -0.2) is 0 Å². The Bertz CT molecular complexity index is 731. The Morgan fingerprint density at radius 2 is 1.96 bits per heavy atom. The third-order valence-electron chi connectivity index (χ3n) is 5.61. The first-order valence-electron chi connectivity index (χ1n) is 9.42. The van der Waals surface area contributed by atoms with E-state index in [2.05, 4.69) is 25.9 Å². The topological polar surface area (TPSA) is 60.4 Å². The molecule has 2 bridgehead atoms. The summed E-state index contributed by atoms with van der Waals surface area (Å²) in [6.45, 7) is 7.69. The van der Waals surface area contributed by atoms with Crippen LogP contribution in [0.15, 0.2) is 23.4 Å². The van der Waals surface area contributed by atoms with E-state index in [1.54, 1.807) is 32.6 Å². The Morgan fingerprint density at radius 1 is 1.22 bits per heavy atom. The van der Waals surface area contributed by atoms with Crippen molar-refractivity contribution in [2.45, 2.75) is 46.1 Å². The van der Waals surface area contributed by atoms with Crippen molar-refractivity contribution in [1.82, 2.24) is 4.90 Å². The van der Waals surface area contributed by atoms with Crippen LogP contribution in [0, 0.1) is 10.8 Å². The van der Waals surface area contributed by atoms with Gasteiger partial charge >= 0.3 is 0 Å². The monoisotopic (exact) mass is 374 g/mol. The number of hydrogen-bond acceptors (Lipinski definition) is 5. The summed E-state index contributed by atoms with van der Waals surface area (Å²) in [6.07, 6.45) is 4.89. The Balaban J connectivity index is 1.55. The average Bonchev–Trinajstić information content (AvgIpc) is 2.87. The van der Waals surface area contributed by atoms with Gasteiger partial charge in [0, 0.05) is 18.2 Å². The van der Waals surface area contributed by atoms with E-state index in [4.69, 9.17) is 14.3 Å². The molecule has 1 saturated heterocycles. The fraction of sp³-hybridized carbons (Fsp3) is 0.619. The third-order valence-corrected chi connectivity index (χ3v) is 5.61. The van der Waals surface area contributed by atoms with Crippen molar-refractivity contribution in [3.63, 3.8) is 0 Å². The van der Waals surface area contributed by atoms with Gasteiger partial charge in [-0.1, -0.05) is 25.9 Å². The van der Waals surface area contributed by atoms with Gasteiger partial charge in [0.2, 0.25) is 0 Å². The molecule has 0 spiro atoms. The van der Waals surface area contributed by atoms with E-state index in [0.29, 0.717) is 23.0 Å². The summed E-state index contributed by atoms with van der Waals surface area (Å²) in [4.78, 5) is 19.9. The zero-order valence-electron chi connectivity index (χ0n) is 16.9. The highest BCUT2D eigenvalue weighted by Gasteiger charge is 2.50. The standard InChI is InChI=1S/C21H30N2O4/c1-20(2)9-16-10-21(3,13-20)14-23(16)19(24)12-27-22-11-15-6-7-17(25-4)18(8-15)26-5/h6-8,11,16H,9-10,12-14H2,1-5H3/b22-11-. The van der Waals surface area contributed by atoms with Crippen LogP contribution in [0.2, 0.25) is 0 Å². The predicted octanol–water partition coefficient (Wildman–Crippen LogP) is 3.48. The molecular formula is C21H30N2O4. The van der Waals surface area contributed by atoms with E-state index in [-0.39, 0.29) is 17.9 Å². The molecule has 2 fully saturated rings. The Morgan fingerprint density at radius 3 is 2.67 bits per heavy atom. The number of hydrogen-bond donors (Lipinski definition) is 0. The number of ether oxygens (including phenoxy) is 2. The molecule has 1 aromatic rings. The number of fused-ring (bicyclic) bond motifs is 2. The molecule has 1 amide bonds. The molecule has 148 valence electrons. The average molecular weight is 374 g/mol. The Kier molecular flexibility index (Phi) is 5.36. The molecule has 1 heterocycles. The van der Waals surface area contributed by atoms with Gasteiger partial charge in [-0.3, -0.25) is 4.79 Å². The van der Waals surface area contributed by atoms with Gasteiger partial charge in [-0.2, -0.15) is 0 Å². The molecular weight excluding hydrogens is 344 g/mol. The summed E-state index contributed by atoms with van der Waals surface area (Å²) in [5.74, 6) is 1.30. The summed E-state index contributed by atoms with van der Waals surface area (Å²) in [7, 11) is 3.18. The minimum absolute atomic E-state index is 0.0193. The molecule has 3 rings (SSSR count). The van der Waals surface area contributed by atoms with Gasteiger partial charge in [-0.05, 0) is 48.3 Å². The molecule has 1 aliphatic heterocycles. The lowest BCUT2D eigenvalue weighted by molar-refractivity contribution is -0.137. The lowest BCUT2D eigenvalue weighted by Crippen LogP contribution is -2.39. The summed E-state index contributed by atoms with van der Waals surface area (Å²) >= 11 is 0. The SMILES string of the molecule is COc1ccc(/C=N\OCC(=O)N2CC3(C)CC2CC(C)(C)C3)cc1OC. The first-order chi connectivity index (χ1) is 12.8. The van der Waals surface area contributed by atoms with Crippen molar-refractivity contribution in [1.29, 1.82) is 0 Å². The fourth-order valence-electron chi connectivity index (χ4n) is 4.96. The van der Waals surface area contributed by atoms with Crippen LogP contribution >= 0.6 is 0 Å². The quantitative estimate of drug-likeness (QED) is 0.565. The van der Waals surface area contributed by atoms with E-state index >= 15 is 0 Å². The van der Waals surface area contributed by atoms with Crippen LogP contribution in [0.25, 0.3) is 0 Å². The van der Waals surface area contributed by atoms with Crippen molar-refractivity contribution in [2.75, 3.05) is 27.4 Å². The molecule has 0 aromatic heterocycles. The number of benzene rings is 1. The van der Waals surface area contributed by atoms with Crippen molar-refractivity contribution >= 4 is 12.1 Å². The lowest BCUT2D eigenvalue weighted by atomic mass is 9.65. The van der Waals surface area contributed by atoms with Gasteiger partial charge < -0.3 is 19.2 Å². The molecule has 2 aliphatic rings. The van der Waals surface area contributed by atoms with Crippen molar-refractivity contribution in [2.24, 2.45) is 16.0 Å². The van der Waals surface area contributed by atoms with Gasteiger partial charge in [0.1, 0.15) is 0 Å². The molecule has 0 radical (unpaired) electrons. The minimum atomic E-state index is -0.0310. The van der Waals surface area contributed by atoms with Crippen molar-refractivity contribution < 1.29 is 19.1 Å².